The standard InChI is InChI=1S/2C19H26N2O.2C2HF3O2.C2H3N/c2*1-3-19(4-2)16-12-22-17-8-6-5-7-15(17)18(16)20-13-9-10-14(11-13)21(19)20;2*3-2(4,5)1(6)7;1-2-3/h2*5-8,13-14,16,18H,3-4,9-12H2,1-2H3;2*(H,6,7);1H3/t2*13-,14+,16+,18-;;;/m11.../s1. The van der Waals surface area contributed by atoms with E-state index in [4.69, 9.17) is 34.5 Å². The van der Waals surface area contributed by atoms with Crippen molar-refractivity contribution in [1.82, 2.24) is 10.0 Å². The summed E-state index contributed by atoms with van der Waals surface area (Å²) >= 11 is 0. The first-order valence-electron chi connectivity index (χ1n) is 21.5. The van der Waals surface area contributed by atoms with Crippen LogP contribution in [0, 0.1) is 23.2 Å². The summed E-state index contributed by atoms with van der Waals surface area (Å²) in [5, 5.41) is 34.3. The maximum absolute atomic E-state index is 10.5. The number of nitriles is 1. The zero-order valence-electron chi connectivity index (χ0n) is 35.3. The molecule has 10 atom stereocenters. The van der Waals surface area contributed by atoms with Crippen molar-refractivity contribution in [1.29, 1.82) is 5.26 Å². The average Bonchev–Trinajstić information content (AvgIpc) is 4.10. The quantitative estimate of drug-likeness (QED) is 0.440. The van der Waals surface area contributed by atoms with Gasteiger partial charge in [-0.2, -0.15) is 31.6 Å². The third kappa shape index (κ3) is 8.06. The number of benzene rings is 2. The van der Waals surface area contributed by atoms with Gasteiger partial charge in [0.2, 0.25) is 0 Å². The molecule has 6 aliphatic heterocycles. The third-order valence-corrected chi connectivity index (χ3v) is 15.0. The van der Waals surface area contributed by atoms with E-state index in [1.165, 1.54) is 82.3 Å². The Labute approximate surface area is 353 Å². The minimum Gasteiger partial charge on any atom is -0.542 e. The molecule has 6 fully saturated rings. The molecule has 4 bridgehead atoms. The number of rotatable bonds is 4. The van der Waals surface area contributed by atoms with Crippen molar-refractivity contribution in [2.75, 3.05) is 13.2 Å². The Morgan fingerprint density at radius 2 is 1.00 bits per heavy atom. The van der Waals surface area contributed by atoms with Crippen molar-refractivity contribution in [3.8, 4) is 17.6 Å². The zero-order valence-corrected chi connectivity index (χ0v) is 35.3. The number of carboxylic acids is 2. The molecule has 336 valence electrons. The van der Waals surface area contributed by atoms with Gasteiger partial charge in [-0.05, 0) is 62.8 Å². The molecule has 2 N–H and O–H groups in total. The van der Waals surface area contributed by atoms with Crippen LogP contribution in [0.2, 0.25) is 0 Å². The van der Waals surface area contributed by atoms with Crippen molar-refractivity contribution >= 4 is 11.9 Å². The molecule has 2 saturated carbocycles. The van der Waals surface area contributed by atoms with Crippen molar-refractivity contribution in [2.45, 2.75) is 159 Å². The molecule has 0 spiro atoms. The minimum absolute atomic E-state index is 0.341. The number of ether oxygens (including phenoxy) is 2. The Balaban J connectivity index is 0.000000150. The van der Waals surface area contributed by atoms with E-state index in [9.17, 15) is 26.3 Å². The van der Waals surface area contributed by atoms with Gasteiger partial charge in [0.1, 0.15) is 47.6 Å². The zero-order chi connectivity index (χ0) is 44.7. The number of aliphatic carboxylic acids is 2. The van der Waals surface area contributed by atoms with Gasteiger partial charge in [0.25, 0.3) is 0 Å². The van der Waals surface area contributed by atoms with Crippen LogP contribution < -0.4 is 29.7 Å². The fraction of sp³-hybridized carbons (Fsp3) is 0.659. The fourth-order valence-electron chi connectivity index (χ4n) is 12.8. The number of carboxylic acid groups (broad SMARTS) is 2. The van der Waals surface area contributed by atoms with Gasteiger partial charge in [0, 0.05) is 32.6 Å². The highest BCUT2D eigenvalue weighted by Gasteiger charge is 2.71. The van der Waals surface area contributed by atoms with Gasteiger partial charge in [-0.25, -0.2) is 10.0 Å². The number of hydrogen-bond donors (Lipinski definition) is 2. The molecule has 0 amide bonds. The largest absolute Gasteiger partial charge is 0.542 e. The second-order valence-electron chi connectivity index (χ2n) is 17.2. The van der Waals surface area contributed by atoms with Crippen molar-refractivity contribution < 1.29 is 65.6 Å². The molecule has 8 aliphatic rings. The summed E-state index contributed by atoms with van der Waals surface area (Å²) in [4.78, 5) is 17.6. The van der Waals surface area contributed by atoms with E-state index in [-0.39, 0.29) is 0 Å². The number of carbonyl (C=O) groups excluding carboxylic acids is 2. The van der Waals surface area contributed by atoms with E-state index in [0.29, 0.717) is 35.0 Å². The van der Waals surface area contributed by atoms with E-state index >= 15 is 0 Å². The van der Waals surface area contributed by atoms with Crippen LogP contribution in [0.3, 0.4) is 0 Å². The topological polar surface area (TPSA) is 138 Å². The van der Waals surface area contributed by atoms with Crippen LogP contribution in [0.4, 0.5) is 26.3 Å². The van der Waals surface area contributed by atoms with E-state index < -0.39 is 24.3 Å². The van der Waals surface area contributed by atoms with Gasteiger partial charge in [-0.1, -0.05) is 52.0 Å². The number of halogens is 6. The molecule has 0 aromatic heterocycles. The Morgan fingerprint density at radius 3 is 1.30 bits per heavy atom. The highest BCUT2D eigenvalue weighted by atomic mass is 19.4. The maximum atomic E-state index is 10.5. The van der Waals surface area contributed by atoms with E-state index in [1.807, 2.05) is 0 Å². The first-order valence-corrected chi connectivity index (χ1v) is 21.5. The van der Waals surface area contributed by atoms with Crippen LogP contribution in [-0.2, 0) is 9.59 Å². The highest BCUT2D eigenvalue weighted by Crippen LogP contribution is 2.53. The van der Waals surface area contributed by atoms with Crippen molar-refractivity contribution in [3.63, 3.8) is 0 Å². The Morgan fingerprint density at radius 1 is 0.689 bits per heavy atom. The molecule has 10 rings (SSSR count). The van der Waals surface area contributed by atoms with Gasteiger partial charge >= 0.3 is 12.4 Å². The number of nitrogens with one attached hydrogen (secondary N) is 2. The second kappa shape index (κ2) is 17.9. The predicted molar refractivity (Wildman–Crippen MR) is 205 cm³/mol. The summed E-state index contributed by atoms with van der Waals surface area (Å²) < 4.78 is 75.5. The highest BCUT2D eigenvalue weighted by molar-refractivity contribution is 5.71. The number of para-hydroxylation sites is 2. The van der Waals surface area contributed by atoms with Gasteiger partial charge in [-0.15, -0.1) is 10.0 Å². The molecule has 0 radical (unpaired) electrons. The Kier molecular flexibility index (Phi) is 13.6. The molecule has 4 saturated heterocycles. The summed E-state index contributed by atoms with van der Waals surface area (Å²) in [6, 6.07) is 23.9. The van der Waals surface area contributed by atoms with Crippen LogP contribution in [-0.4, -0.2) is 82.8 Å². The third-order valence-electron chi connectivity index (χ3n) is 15.0. The molecule has 2 unspecified atom stereocenters. The number of alkyl halides is 6. The molecule has 6 heterocycles. The van der Waals surface area contributed by atoms with Crippen LogP contribution in [0.1, 0.15) is 122 Å². The summed E-state index contributed by atoms with van der Waals surface area (Å²) in [6.07, 6.45) is 3.14. The normalized spacial score (nSPS) is 32.2. The van der Waals surface area contributed by atoms with E-state index in [0.717, 1.165) is 48.9 Å². The van der Waals surface area contributed by atoms with Crippen LogP contribution >= 0.6 is 0 Å². The number of carbonyl (C=O) groups is 2. The summed E-state index contributed by atoms with van der Waals surface area (Å²) in [7, 11) is 0. The average molecular weight is 866 g/mol. The lowest BCUT2D eigenvalue weighted by Crippen LogP contribution is -3.19. The lowest BCUT2D eigenvalue weighted by molar-refractivity contribution is -1.05. The summed E-state index contributed by atoms with van der Waals surface area (Å²) in [5.74, 6) is -2.43. The fourth-order valence-corrected chi connectivity index (χ4v) is 12.8. The molecule has 61 heavy (non-hydrogen) atoms. The first-order chi connectivity index (χ1) is 28.9. The Hall–Kier alpha value is -4.11. The second-order valence-corrected chi connectivity index (χ2v) is 17.2. The number of hydrogen-bond acceptors (Lipinski definition) is 9. The van der Waals surface area contributed by atoms with Crippen LogP contribution in [0.15, 0.2) is 48.5 Å². The van der Waals surface area contributed by atoms with Crippen LogP contribution in [0.25, 0.3) is 0 Å². The number of quaternary nitrogens is 2. The predicted octanol–water partition coefficient (Wildman–Crippen LogP) is 3.82. The van der Waals surface area contributed by atoms with E-state index in [1.54, 1.807) is 16.1 Å². The number of nitrogens with zero attached hydrogens (tertiary/aromatic N) is 3. The molecule has 17 heteroatoms. The van der Waals surface area contributed by atoms with Crippen molar-refractivity contribution in [2.24, 2.45) is 11.8 Å². The molecule has 11 nitrogen and oxygen atoms in total. The molecule has 2 aliphatic carbocycles. The summed E-state index contributed by atoms with van der Waals surface area (Å²) in [6.45, 7) is 12.8. The monoisotopic (exact) mass is 865 g/mol. The lowest BCUT2D eigenvalue weighted by Gasteiger charge is -2.41. The number of fused-ring (bicyclic) bond motifs is 18. The van der Waals surface area contributed by atoms with Gasteiger partial charge in [0.05, 0.1) is 65.4 Å². The van der Waals surface area contributed by atoms with Gasteiger partial charge in [-0.3, -0.25) is 0 Å². The maximum Gasteiger partial charge on any atom is 0.430 e. The molecule has 2 aromatic rings. The molecular weight excluding hydrogens is 809 g/mol. The molecular formula is C44H57F6N5O6. The van der Waals surface area contributed by atoms with Gasteiger partial charge in [0.15, 0.2) is 0 Å². The summed E-state index contributed by atoms with van der Waals surface area (Å²) in [5.41, 5.74) is 3.62. The van der Waals surface area contributed by atoms with E-state index in [2.05, 4.69) is 86.2 Å². The smallest absolute Gasteiger partial charge is 0.430 e. The lowest BCUT2D eigenvalue weighted by atomic mass is 9.74. The molecule has 2 aromatic carbocycles. The van der Waals surface area contributed by atoms with Crippen LogP contribution in [0.5, 0.6) is 11.5 Å². The van der Waals surface area contributed by atoms with Gasteiger partial charge < -0.3 is 29.3 Å². The SMILES string of the molecule is CC#N.CCC1(CC)[C@H]2COc3ccccc3[C@H]2[NH+]2[C@@H]3CC[C@@H](C3)N21.CCC1(CC)[C@H]2COc3ccccc3[C@H]2[NH+]2[C@@H]3CC[C@@H](C3)N21.O=C([O-])C(F)(F)F.O=C([O-])C(F)(F)F. The van der Waals surface area contributed by atoms with Crippen molar-refractivity contribution in [3.05, 3.63) is 59.7 Å². The minimum atomic E-state index is -5.19. The first kappa shape index (κ1) is 46.4. The Bertz CT molecular complexity index is 1790.